The van der Waals surface area contributed by atoms with E-state index in [0.717, 1.165) is 15.8 Å². The maximum Gasteiger partial charge on any atom is 0.343 e. The summed E-state index contributed by atoms with van der Waals surface area (Å²) >= 11 is 0. The second kappa shape index (κ2) is 5.28. The number of amides is 1. The van der Waals surface area contributed by atoms with Crippen molar-refractivity contribution in [1.82, 2.24) is 15.1 Å². The third kappa shape index (κ3) is 2.58. The van der Waals surface area contributed by atoms with E-state index >= 15 is 0 Å². The Morgan fingerprint density at radius 2 is 2.00 bits per heavy atom. The molecule has 0 saturated carbocycles. The summed E-state index contributed by atoms with van der Waals surface area (Å²) < 4.78 is 1.00. The van der Waals surface area contributed by atoms with E-state index in [0.29, 0.717) is 17.4 Å². The molecule has 0 aliphatic heterocycles. The van der Waals surface area contributed by atoms with Gasteiger partial charge in [0.05, 0.1) is 10.9 Å². The number of carbonyl (C=O) groups is 1. The van der Waals surface area contributed by atoms with Gasteiger partial charge < -0.3 is 5.32 Å². The van der Waals surface area contributed by atoms with Gasteiger partial charge in [-0.2, -0.15) is 4.68 Å². The smallest absolute Gasteiger partial charge is 0.332 e. The molecule has 1 aromatic heterocycles. The summed E-state index contributed by atoms with van der Waals surface area (Å²) in [5, 5.41) is 6.04. The van der Waals surface area contributed by atoms with Crippen molar-refractivity contribution in [3.8, 4) is 0 Å². The summed E-state index contributed by atoms with van der Waals surface area (Å²) in [6.45, 7) is 2.37. The summed E-state index contributed by atoms with van der Waals surface area (Å²) in [5.74, 6) is 0. The van der Waals surface area contributed by atoms with Crippen LogP contribution in [0.5, 0.6) is 0 Å². The summed E-state index contributed by atoms with van der Waals surface area (Å²) in [4.78, 5) is 24.2. The minimum atomic E-state index is -0.460. The van der Waals surface area contributed by atoms with Crippen LogP contribution in [0, 0.1) is 6.92 Å². The number of nitrogens with one attached hydrogen (secondary N) is 2. The lowest BCUT2D eigenvalue weighted by atomic mass is 10.1. The van der Waals surface area contributed by atoms with Crippen molar-refractivity contribution >= 4 is 16.9 Å². The lowest BCUT2D eigenvalue weighted by molar-refractivity contribution is 0.238. The molecule has 0 spiro atoms. The Kier molecular flexibility index (Phi) is 3.31. The van der Waals surface area contributed by atoms with Crippen LogP contribution in [0.4, 0.5) is 4.79 Å². The number of benzene rings is 2. The molecule has 0 unspecified atom stereocenters. The van der Waals surface area contributed by atoms with Crippen molar-refractivity contribution in [3.05, 3.63) is 70.0 Å². The Bertz CT molecular complexity index is 861. The average Bonchev–Trinajstić information content (AvgIpc) is 2.83. The van der Waals surface area contributed by atoms with Crippen molar-refractivity contribution in [2.75, 3.05) is 0 Å². The highest BCUT2D eigenvalue weighted by molar-refractivity contribution is 5.84. The predicted octanol–water partition coefficient (Wildman–Crippen LogP) is 2.40. The Morgan fingerprint density at radius 1 is 1.19 bits per heavy atom. The van der Waals surface area contributed by atoms with E-state index in [4.69, 9.17) is 0 Å². The molecule has 0 saturated heterocycles. The van der Waals surface area contributed by atoms with E-state index in [-0.39, 0.29) is 5.56 Å². The predicted molar refractivity (Wildman–Crippen MR) is 81.4 cm³/mol. The van der Waals surface area contributed by atoms with Crippen LogP contribution in [-0.2, 0) is 6.54 Å². The van der Waals surface area contributed by atoms with Crippen LogP contribution < -0.4 is 10.9 Å². The maximum atomic E-state index is 12.1. The number of fused-ring (bicyclic) bond motifs is 1. The zero-order valence-electron chi connectivity index (χ0n) is 11.6. The summed E-state index contributed by atoms with van der Waals surface area (Å²) in [7, 11) is 0. The monoisotopic (exact) mass is 281 g/mol. The number of carbonyl (C=O) groups excluding carboxylic acids is 1. The first kappa shape index (κ1) is 13.2. The van der Waals surface area contributed by atoms with E-state index < -0.39 is 6.03 Å². The van der Waals surface area contributed by atoms with Gasteiger partial charge in [0.15, 0.2) is 0 Å². The molecule has 0 radical (unpaired) electrons. The van der Waals surface area contributed by atoms with Gasteiger partial charge in [-0.1, -0.05) is 42.0 Å². The zero-order valence-corrected chi connectivity index (χ0v) is 11.6. The number of para-hydroxylation sites is 1. The Morgan fingerprint density at radius 3 is 2.76 bits per heavy atom. The van der Waals surface area contributed by atoms with Gasteiger partial charge in [-0.15, -0.1) is 0 Å². The second-order valence-electron chi connectivity index (χ2n) is 4.95. The molecule has 21 heavy (non-hydrogen) atoms. The van der Waals surface area contributed by atoms with E-state index in [1.165, 1.54) is 0 Å². The van der Waals surface area contributed by atoms with Gasteiger partial charge in [-0.05, 0) is 24.6 Å². The van der Waals surface area contributed by atoms with E-state index in [1.807, 2.05) is 37.3 Å². The largest absolute Gasteiger partial charge is 0.343 e. The maximum absolute atomic E-state index is 12.1. The fraction of sp³-hybridized carbons (Fsp3) is 0.125. The van der Waals surface area contributed by atoms with Crippen LogP contribution >= 0.6 is 0 Å². The lowest BCUT2D eigenvalue weighted by Gasteiger charge is -2.05. The second-order valence-corrected chi connectivity index (χ2v) is 4.95. The van der Waals surface area contributed by atoms with E-state index in [1.54, 1.807) is 18.2 Å². The molecule has 3 aromatic rings. The molecule has 2 aromatic carbocycles. The molecule has 0 atom stereocenters. The third-order valence-corrected chi connectivity index (χ3v) is 3.32. The molecule has 2 N–H and O–H groups in total. The van der Waals surface area contributed by atoms with Gasteiger partial charge in [-0.25, -0.2) is 4.79 Å². The summed E-state index contributed by atoms with van der Waals surface area (Å²) in [5.41, 5.74) is 2.43. The molecule has 106 valence electrons. The minimum Gasteiger partial charge on any atom is -0.332 e. The van der Waals surface area contributed by atoms with Crippen molar-refractivity contribution in [3.63, 3.8) is 0 Å². The van der Waals surface area contributed by atoms with Gasteiger partial charge in [0.25, 0.3) is 5.56 Å². The minimum absolute atomic E-state index is 0.340. The lowest BCUT2D eigenvalue weighted by Crippen LogP contribution is -2.35. The number of rotatable bonds is 2. The number of H-pyrrole nitrogens is 1. The first-order valence-corrected chi connectivity index (χ1v) is 6.68. The molecule has 0 aliphatic rings. The van der Waals surface area contributed by atoms with Crippen LogP contribution in [0.25, 0.3) is 10.9 Å². The first-order chi connectivity index (χ1) is 10.1. The molecule has 5 heteroatoms. The molecule has 3 rings (SSSR count). The summed E-state index contributed by atoms with van der Waals surface area (Å²) in [6, 6.07) is 14.4. The Balaban J connectivity index is 1.81. The topological polar surface area (TPSA) is 66.9 Å². The molecule has 1 amide bonds. The molecule has 0 bridgehead atoms. The number of aryl methyl sites for hydroxylation is 1. The highest BCUT2D eigenvalue weighted by Crippen LogP contribution is 2.06. The SMILES string of the molecule is Cc1cccc(CNC(=O)n2[nH]c3ccccc3c2=O)c1. The molecule has 0 aliphatic carbocycles. The van der Waals surface area contributed by atoms with E-state index in [9.17, 15) is 9.59 Å². The van der Waals surface area contributed by atoms with Gasteiger partial charge in [0.2, 0.25) is 0 Å². The number of hydrogen-bond acceptors (Lipinski definition) is 2. The van der Waals surface area contributed by atoms with Gasteiger partial charge >= 0.3 is 6.03 Å². The summed E-state index contributed by atoms with van der Waals surface area (Å²) in [6.07, 6.45) is 0. The normalized spacial score (nSPS) is 10.7. The first-order valence-electron chi connectivity index (χ1n) is 6.68. The van der Waals surface area contributed by atoms with Gasteiger partial charge in [0.1, 0.15) is 0 Å². The number of aromatic nitrogens is 2. The number of aromatic amines is 1. The molecule has 0 fully saturated rings. The van der Waals surface area contributed by atoms with Crippen LogP contribution in [0.15, 0.2) is 53.3 Å². The van der Waals surface area contributed by atoms with Gasteiger partial charge in [0, 0.05) is 6.54 Å². The van der Waals surface area contributed by atoms with E-state index in [2.05, 4.69) is 10.4 Å². The molecular weight excluding hydrogens is 266 g/mol. The number of hydrogen-bond donors (Lipinski definition) is 2. The fourth-order valence-corrected chi connectivity index (χ4v) is 2.28. The Hall–Kier alpha value is -2.82. The van der Waals surface area contributed by atoms with Gasteiger partial charge in [-0.3, -0.25) is 9.89 Å². The quantitative estimate of drug-likeness (QED) is 0.757. The number of nitrogens with zero attached hydrogens (tertiary/aromatic N) is 1. The third-order valence-electron chi connectivity index (χ3n) is 3.32. The van der Waals surface area contributed by atoms with Crippen LogP contribution in [-0.4, -0.2) is 15.8 Å². The molecule has 5 nitrogen and oxygen atoms in total. The van der Waals surface area contributed by atoms with Crippen molar-refractivity contribution in [2.24, 2.45) is 0 Å². The van der Waals surface area contributed by atoms with Crippen LogP contribution in [0.1, 0.15) is 11.1 Å². The Labute approximate surface area is 121 Å². The van der Waals surface area contributed by atoms with Crippen LogP contribution in [0.2, 0.25) is 0 Å². The fourth-order valence-electron chi connectivity index (χ4n) is 2.28. The molecular formula is C16H15N3O2. The zero-order chi connectivity index (χ0) is 14.8. The average molecular weight is 281 g/mol. The standard InChI is InChI=1S/C16H15N3O2/c1-11-5-4-6-12(9-11)10-17-16(21)19-15(20)13-7-2-3-8-14(13)18-19/h2-9,18H,10H2,1H3,(H,17,21). The highest BCUT2D eigenvalue weighted by atomic mass is 16.2. The van der Waals surface area contributed by atoms with Crippen molar-refractivity contribution in [2.45, 2.75) is 13.5 Å². The van der Waals surface area contributed by atoms with Crippen molar-refractivity contribution < 1.29 is 4.79 Å². The van der Waals surface area contributed by atoms with Crippen LogP contribution in [0.3, 0.4) is 0 Å². The molecule has 1 heterocycles. The highest BCUT2D eigenvalue weighted by Gasteiger charge is 2.11. The van der Waals surface area contributed by atoms with Crippen molar-refractivity contribution in [1.29, 1.82) is 0 Å².